The molecule has 0 aromatic rings. The van der Waals surface area contributed by atoms with E-state index in [4.69, 9.17) is 4.74 Å². The van der Waals surface area contributed by atoms with Gasteiger partial charge in [0.15, 0.2) is 0 Å². The van der Waals surface area contributed by atoms with Crippen LogP contribution >= 0.6 is 0 Å². The molecule has 2 rings (SSSR count). The number of carboxylic acids is 1. The zero-order valence-corrected chi connectivity index (χ0v) is 12.6. The molecule has 21 heavy (non-hydrogen) atoms. The van der Waals surface area contributed by atoms with E-state index in [0.717, 1.165) is 12.8 Å². The topological polar surface area (TPSA) is 83.9 Å². The van der Waals surface area contributed by atoms with E-state index in [1.54, 1.807) is 4.90 Å². The molecule has 1 heterocycles. The minimum atomic E-state index is -0.913. The van der Waals surface area contributed by atoms with E-state index in [2.05, 4.69) is 0 Å². The van der Waals surface area contributed by atoms with Crippen molar-refractivity contribution < 1.29 is 24.2 Å². The Bertz CT molecular complexity index is 436. The molecule has 0 bridgehead atoms. The first-order valence-corrected chi connectivity index (χ1v) is 7.56. The molecule has 118 valence electrons. The van der Waals surface area contributed by atoms with Crippen molar-refractivity contribution in [1.82, 2.24) is 4.90 Å². The summed E-state index contributed by atoms with van der Waals surface area (Å²) in [6.07, 6.45) is 3.44. The fourth-order valence-corrected chi connectivity index (χ4v) is 3.63. The van der Waals surface area contributed by atoms with Crippen LogP contribution in [-0.4, -0.2) is 47.5 Å². The maximum atomic E-state index is 12.7. The third-order valence-corrected chi connectivity index (χ3v) is 4.69. The first-order valence-electron chi connectivity index (χ1n) is 7.56. The van der Waals surface area contributed by atoms with Gasteiger partial charge in [-0.2, -0.15) is 0 Å². The second-order valence-corrected chi connectivity index (χ2v) is 6.19. The van der Waals surface area contributed by atoms with Crippen LogP contribution in [0.15, 0.2) is 0 Å². The third kappa shape index (κ3) is 3.19. The van der Waals surface area contributed by atoms with Gasteiger partial charge in [-0.05, 0) is 38.0 Å². The van der Waals surface area contributed by atoms with Crippen molar-refractivity contribution in [3.05, 3.63) is 0 Å². The van der Waals surface area contributed by atoms with E-state index < -0.39 is 29.8 Å². The molecule has 6 heteroatoms. The number of hydrogen-bond acceptors (Lipinski definition) is 4. The van der Waals surface area contributed by atoms with Crippen molar-refractivity contribution in [2.75, 3.05) is 13.7 Å². The molecule has 0 spiro atoms. The molecule has 2 fully saturated rings. The fourth-order valence-electron chi connectivity index (χ4n) is 3.63. The lowest BCUT2D eigenvalue weighted by Gasteiger charge is -2.36. The van der Waals surface area contributed by atoms with Crippen LogP contribution in [0, 0.1) is 17.8 Å². The van der Waals surface area contributed by atoms with E-state index in [1.807, 2.05) is 6.92 Å². The van der Waals surface area contributed by atoms with Crippen LogP contribution in [-0.2, 0) is 19.1 Å². The van der Waals surface area contributed by atoms with Crippen molar-refractivity contribution in [1.29, 1.82) is 0 Å². The highest BCUT2D eigenvalue weighted by molar-refractivity contribution is 5.89. The number of likely N-dealkylation sites (tertiary alicyclic amines) is 1. The maximum absolute atomic E-state index is 12.7. The number of ether oxygens (including phenoxy) is 1. The van der Waals surface area contributed by atoms with Gasteiger partial charge in [-0.15, -0.1) is 0 Å². The van der Waals surface area contributed by atoms with Gasteiger partial charge < -0.3 is 14.7 Å². The number of methoxy groups -OCH3 is 1. The van der Waals surface area contributed by atoms with Crippen molar-refractivity contribution in [3.63, 3.8) is 0 Å². The number of carbonyl (C=O) groups excluding carboxylic acids is 2. The second-order valence-electron chi connectivity index (χ2n) is 6.19. The molecule has 1 aliphatic heterocycles. The number of hydrogen-bond donors (Lipinski definition) is 1. The fraction of sp³-hybridized carbons (Fsp3) is 0.800. The highest BCUT2D eigenvalue weighted by atomic mass is 16.5. The zero-order chi connectivity index (χ0) is 15.6. The molecule has 1 amide bonds. The SMILES string of the molecule is COC(=O)C1CCCCN1C(=O)[C@H]1CC(C)C[C@H]1C(=O)O. The lowest BCUT2D eigenvalue weighted by Crippen LogP contribution is -2.51. The summed E-state index contributed by atoms with van der Waals surface area (Å²) in [5.74, 6) is -2.43. The predicted octanol–water partition coefficient (Wildman–Crippen LogP) is 1.29. The van der Waals surface area contributed by atoms with Crippen molar-refractivity contribution >= 4 is 17.8 Å². The Labute approximate surface area is 124 Å². The molecule has 0 aromatic carbocycles. The number of esters is 1. The van der Waals surface area contributed by atoms with Gasteiger partial charge in [0, 0.05) is 6.54 Å². The average Bonchev–Trinajstić information content (AvgIpc) is 2.88. The zero-order valence-electron chi connectivity index (χ0n) is 12.6. The molecule has 2 unspecified atom stereocenters. The number of rotatable bonds is 3. The van der Waals surface area contributed by atoms with E-state index in [0.29, 0.717) is 25.8 Å². The predicted molar refractivity (Wildman–Crippen MR) is 74.4 cm³/mol. The summed E-state index contributed by atoms with van der Waals surface area (Å²) in [6.45, 7) is 2.48. The molecule has 1 N–H and O–H groups in total. The highest BCUT2D eigenvalue weighted by Gasteiger charge is 2.45. The molecule has 6 nitrogen and oxygen atoms in total. The molecular weight excluding hydrogens is 274 g/mol. The van der Waals surface area contributed by atoms with E-state index in [9.17, 15) is 19.5 Å². The van der Waals surface area contributed by atoms with E-state index in [-0.39, 0.29) is 11.8 Å². The minimum absolute atomic E-state index is 0.193. The Hall–Kier alpha value is -1.59. The summed E-state index contributed by atoms with van der Waals surface area (Å²) in [7, 11) is 1.32. The van der Waals surface area contributed by atoms with Crippen molar-refractivity contribution in [3.8, 4) is 0 Å². The quantitative estimate of drug-likeness (QED) is 0.793. The summed E-state index contributed by atoms with van der Waals surface area (Å²) in [5, 5.41) is 9.31. The van der Waals surface area contributed by atoms with Gasteiger partial charge in [-0.1, -0.05) is 6.92 Å². The lowest BCUT2D eigenvalue weighted by atomic mass is 9.92. The second kappa shape index (κ2) is 6.45. The maximum Gasteiger partial charge on any atom is 0.328 e. The van der Waals surface area contributed by atoms with Crippen LogP contribution < -0.4 is 0 Å². The number of aliphatic carboxylic acids is 1. The van der Waals surface area contributed by atoms with Gasteiger partial charge in [0.25, 0.3) is 0 Å². The number of nitrogens with zero attached hydrogens (tertiary/aromatic N) is 1. The highest BCUT2D eigenvalue weighted by Crippen LogP contribution is 2.38. The van der Waals surface area contributed by atoms with Gasteiger partial charge in [-0.3, -0.25) is 9.59 Å². The molecule has 1 aliphatic carbocycles. The Balaban J connectivity index is 2.16. The van der Waals surface area contributed by atoms with Crippen LogP contribution in [0.25, 0.3) is 0 Å². The standard InChI is InChI=1S/C15H23NO5/c1-9-7-10(11(8-9)14(18)19)13(17)16-6-4-3-5-12(16)15(20)21-2/h9-12H,3-8H2,1-2H3,(H,18,19)/t9?,10-,11+,12?/m0/s1. The normalized spacial score (nSPS) is 32.8. The largest absolute Gasteiger partial charge is 0.481 e. The van der Waals surface area contributed by atoms with Crippen LogP contribution in [0.3, 0.4) is 0 Å². The summed E-state index contributed by atoms with van der Waals surface area (Å²) < 4.78 is 4.78. The van der Waals surface area contributed by atoms with Gasteiger partial charge in [0.05, 0.1) is 18.9 Å². The summed E-state index contributed by atoms with van der Waals surface area (Å²) >= 11 is 0. The lowest BCUT2D eigenvalue weighted by molar-refractivity contribution is -0.158. The smallest absolute Gasteiger partial charge is 0.328 e. The number of carbonyl (C=O) groups is 3. The Morgan fingerprint density at radius 3 is 2.43 bits per heavy atom. The monoisotopic (exact) mass is 297 g/mol. The summed E-state index contributed by atoms with van der Waals surface area (Å²) in [6, 6.07) is -0.554. The van der Waals surface area contributed by atoms with Crippen LogP contribution in [0.2, 0.25) is 0 Å². The molecule has 1 saturated carbocycles. The molecule has 0 radical (unpaired) electrons. The third-order valence-electron chi connectivity index (χ3n) is 4.69. The summed E-state index contributed by atoms with van der Waals surface area (Å²) in [5.41, 5.74) is 0. The summed E-state index contributed by atoms with van der Waals surface area (Å²) in [4.78, 5) is 37.5. The Morgan fingerprint density at radius 1 is 1.14 bits per heavy atom. The Morgan fingerprint density at radius 2 is 1.81 bits per heavy atom. The van der Waals surface area contributed by atoms with Crippen LogP contribution in [0.5, 0.6) is 0 Å². The minimum Gasteiger partial charge on any atom is -0.481 e. The first-order chi connectivity index (χ1) is 9.95. The van der Waals surface area contributed by atoms with E-state index in [1.165, 1.54) is 7.11 Å². The molecular formula is C15H23NO5. The number of carboxylic acid groups (broad SMARTS) is 1. The average molecular weight is 297 g/mol. The van der Waals surface area contributed by atoms with Crippen molar-refractivity contribution in [2.24, 2.45) is 17.8 Å². The number of piperidine rings is 1. The first kappa shape index (κ1) is 15.8. The Kier molecular flexibility index (Phi) is 4.85. The van der Waals surface area contributed by atoms with E-state index >= 15 is 0 Å². The van der Waals surface area contributed by atoms with Gasteiger partial charge in [0.2, 0.25) is 5.91 Å². The number of amides is 1. The molecule has 0 aromatic heterocycles. The van der Waals surface area contributed by atoms with Crippen molar-refractivity contribution in [2.45, 2.75) is 45.1 Å². The van der Waals surface area contributed by atoms with Crippen LogP contribution in [0.1, 0.15) is 39.0 Å². The molecule has 1 saturated heterocycles. The molecule has 2 aliphatic rings. The van der Waals surface area contributed by atoms with Gasteiger partial charge in [-0.25, -0.2) is 4.79 Å². The van der Waals surface area contributed by atoms with Gasteiger partial charge in [0.1, 0.15) is 6.04 Å². The van der Waals surface area contributed by atoms with Crippen LogP contribution in [0.4, 0.5) is 0 Å². The molecule has 4 atom stereocenters. The van der Waals surface area contributed by atoms with Gasteiger partial charge >= 0.3 is 11.9 Å².